The maximum atomic E-state index is 13.8. The van der Waals surface area contributed by atoms with Gasteiger partial charge in [-0.2, -0.15) is 0 Å². The zero-order valence-corrected chi connectivity index (χ0v) is 19.3. The van der Waals surface area contributed by atoms with E-state index in [9.17, 15) is 9.59 Å². The fourth-order valence-corrected chi connectivity index (χ4v) is 5.24. The molecule has 2 aromatic heterocycles. The van der Waals surface area contributed by atoms with Crippen molar-refractivity contribution < 1.29 is 18.7 Å². The summed E-state index contributed by atoms with van der Waals surface area (Å²) in [6.45, 7) is 2.57. The zero-order chi connectivity index (χ0) is 23.0. The van der Waals surface area contributed by atoms with Crippen LogP contribution in [0, 0.1) is 0 Å². The van der Waals surface area contributed by atoms with Crippen molar-refractivity contribution in [3.05, 3.63) is 53.9 Å². The first-order valence-electron chi connectivity index (χ1n) is 11.8. The molecule has 33 heavy (non-hydrogen) atoms. The molecule has 7 heteroatoms. The molecule has 0 radical (unpaired) electrons. The smallest absolute Gasteiger partial charge is 0.271 e. The third-order valence-corrected chi connectivity index (χ3v) is 7.20. The molecule has 0 unspecified atom stereocenters. The SMILES string of the molecule is COc1cccc(CN2C(=O)c3cc4occc4n3C[C@]2(C)C(=O)NC2CCCCCC2)c1. The Hall–Kier alpha value is -3.22. The summed E-state index contributed by atoms with van der Waals surface area (Å²) >= 11 is 0. The van der Waals surface area contributed by atoms with Crippen LogP contribution in [0.25, 0.3) is 11.1 Å². The Kier molecular flexibility index (Phi) is 5.64. The third-order valence-electron chi connectivity index (χ3n) is 7.20. The van der Waals surface area contributed by atoms with E-state index in [1.807, 2.05) is 41.8 Å². The minimum Gasteiger partial charge on any atom is -0.497 e. The third kappa shape index (κ3) is 3.90. The second-order valence-corrected chi connectivity index (χ2v) is 9.46. The van der Waals surface area contributed by atoms with Gasteiger partial charge in [-0.15, -0.1) is 0 Å². The molecule has 2 aliphatic rings. The highest BCUT2D eigenvalue weighted by Crippen LogP contribution is 2.34. The number of hydrogen-bond donors (Lipinski definition) is 1. The van der Waals surface area contributed by atoms with Gasteiger partial charge < -0.3 is 23.9 Å². The number of furan rings is 1. The normalized spacial score (nSPS) is 21.6. The molecule has 0 spiro atoms. The molecule has 1 N–H and O–H groups in total. The van der Waals surface area contributed by atoms with Crippen LogP contribution in [0.3, 0.4) is 0 Å². The molecule has 3 heterocycles. The lowest BCUT2D eigenvalue weighted by molar-refractivity contribution is -0.134. The summed E-state index contributed by atoms with van der Waals surface area (Å²) in [7, 11) is 1.62. The van der Waals surface area contributed by atoms with E-state index >= 15 is 0 Å². The van der Waals surface area contributed by atoms with Gasteiger partial charge in [0, 0.05) is 24.7 Å². The standard InChI is InChI=1S/C26H31N3O4/c1-26(25(31)27-19-9-5-3-4-6-10-19)17-28-21-12-13-33-23(21)15-22(28)24(30)29(26)16-18-8-7-11-20(14-18)32-2/h7-8,11-15,19H,3-6,9-10,16-17H2,1-2H3,(H,27,31)/t26-/m1/s1. The first-order chi connectivity index (χ1) is 16.0. The maximum Gasteiger partial charge on any atom is 0.271 e. The Balaban J connectivity index is 1.51. The number of benzene rings is 1. The fraction of sp³-hybridized carbons (Fsp3) is 0.462. The number of amides is 2. The van der Waals surface area contributed by atoms with Crippen LogP contribution in [0.4, 0.5) is 0 Å². The lowest BCUT2D eigenvalue weighted by Gasteiger charge is -2.44. The van der Waals surface area contributed by atoms with E-state index in [-0.39, 0.29) is 17.9 Å². The molecule has 5 rings (SSSR count). The van der Waals surface area contributed by atoms with Gasteiger partial charge in [0.1, 0.15) is 17.0 Å². The monoisotopic (exact) mass is 449 g/mol. The highest BCUT2D eigenvalue weighted by molar-refractivity contribution is 6.02. The van der Waals surface area contributed by atoms with Crippen molar-refractivity contribution in [3.63, 3.8) is 0 Å². The summed E-state index contributed by atoms with van der Waals surface area (Å²) in [6, 6.07) is 11.4. The molecule has 0 saturated heterocycles. The molecule has 3 aromatic rings. The molecule has 7 nitrogen and oxygen atoms in total. The minimum atomic E-state index is -1.04. The number of hydrogen-bond acceptors (Lipinski definition) is 4. The first-order valence-corrected chi connectivity index (χ1v) is 11.8. The quantitative estimate of drug-likeness (QED) is 0.582. The van der Waals surface area contributed by atoms with Crippen molar-refractivity contribution in [1.29, 1.82) is 0 Å². The molecule has 1 aliphatic carbocycles. The molecule has 1 aromatic carbocycles. The summed E-state index contributed by atoms with van der Waals surface area (Å²) in [5.41, 5.74) is 1.93. The van der Waals surface area contributed by atoms with Gasteiger partial charge in [0.25, 0.3) is 5.91 Å². The number of methoxy groups -OCH3 is 1. The molecular formula is C26H31N3O4. The van der Waals surface area contributed by atoms with Crippen LogP contribution in [0.1, 0.15) is 61.5 Å². The van der Waals surface area contributed by atoms with Gasteiger partial charge in [-0.05, 0) is 37.5 Å². The highest BCUT2D eigenvalue weighted by atomic mass is 16.5. The van der Waals surface area contributed by atoms with Crippen molar-refractivity contribution in [2.24, 2.45) is 0 Å². The molecular weight excluding hydrogens is 418 g/mol. The predicted molar refractivity (Wildman–Crippen MR) is 125 cm³/mol. The van der Waals surface area contributed by atoms with Crippen LogP contribution in [0.2, 0.25) is 0 Å². The Bertz CT molecular complexity index is 1170. The van der Waals surface area contributed by atoms with Crippen LogP contribution in [0.15, 0.2) is 47.1 Å². The van der Waals surface area contributed by atoms with E-state index in [1.54, 1.807) is 24.3 Å². The molecule has 1 atom stereocenters. The Morgan fingerprint density at radius 3 is 2.73 bits per heavy atom. The van der Waals surface area contributed by atoms with Crippen molar-refractivity contribution in [2.45, 2.75) is 70.1 Å². The van der Waals surface area contributed by atoms with Crippen molar-refractivity contribution in [2.75, 3.05) is 7.11 Å². The zero-order valence-electron chi connectivity index (χ0n) is 19.3. The lowest BCUT2D eigenvalue weighted by Crippen LogP contribution is -2.64. The van der Waals surface area contributed by atoms with Gasteiger partial charge in [0.2, 0.25) is 5.91 Å². The van der Waals surface area contributed by atoms with Crippen LogP contribution in [0.5, 0.6) is 5.75 Å². The summed E-state index contributed by atoms with van der Waals surface area (Å²) < 4.78 is 12.9. The number of carbonyl (C=O) groups excluding carboxylic acids is 2. The van der Waals surface area contributed by atoms with Gasteiger partial charge in [-0.1, -0.05) is 37.8 Å². The number of nitrogens with zero attached hydrogens (tertiary/aromatic N) is 2. The van der Waals surface area contributed by atoms with Gasteiger partial charge in [0.15, 0.2) is 5.58 Å². The number of ether oxygens (including phenoxy) is 1. The van der Waals surface area contributed by atoms with E-state index in [2.05, 4.69) is 5.32 Å². The number of aromatic nitrogens is 1. The van der Waals surface area contributed by atoms with Gasteiger partial charge in [-0.25, -0.2) is 0 Å². The second-order valence-electron chi connectivity index (χ2n) is 9.46. The van der Waals surface area contributed by atoms with Crippen molar-refractivity contribution in [1.82, 2.24) is 14.8 Å². The van der Waals surface area contributed by atoms with Crippen LogP contribution >= 0.6 is 0 Å². The average Bonchev–Trinajstić information content (AvgIpc) is 3.31. The first kappa shape index (κ1) is 21.6. The number of nitrogens with one attached hydrogen (secondary N) is 1. The Labute approximate surface area is 193 Å². The summed E-state index contributed by atoms with van der Waals surface area (Å²) in [6.07, 6.45) is 8.30. The topological polar surface area (TPSA) is 76.7 Å². The summed E-state index contributed by atoms with van der Waals surface area (Å²) in [5, 5.41) is 3.30. The van der Waals surface area contributed by atoms with E-state index in [1.165, 1.54) is 12.8 Å². The van der Waals surface area contributed by atoms with E-state index in [0.29, 0.717) is 24.4 Å². The van der Waals surface area contributed by atoms with Gasteiger partial charge >= 0.3 is 0 Å². The van der Waals surface area contributed by atoms with E-state index in [4.69, 9.17) is 9.15 Å². The van der Waals surface area contributed by atoms with Crippen LogP contribution < -0.4 is 10.1 Å². The van der Waals surface area contributed by atoms with Gasteiger partial charge in [0.05, 0.1) is 25.4 Å². The van der Waals surface area contributed by atoms with Crippen LogP contribution in [-0.2, 0) is 17.9 Å². The average molecular weight is 450 g/mol. The Morgan fingerprint density at radius 1 is 1.18 bits per heavy atom. The number of fused-ring (bicyclic) bond motifs is 3. The molecule has 1 fully saturated rings. The Morgan fingerprint density at radius 2 is 1.97 bits per heavy atom. The summed E-state index contributed by atoms with van der Waals surface area (Å²) in [5.74, 6) is 0.457. The predicted octanol–water partition coefficient (Wildman–Crippen LogP) is 4.50. The molecule has 1 aliphatic heterocycles. The van der Waals surface area contributed by atoms with Crippen LogP contribution in [-0.4, -0.2) is 40.0 Å². The van der Waals surface area contributed by atoms with Gasteiger partial charge in [-0.3, -0.25) is 9.59 Å². The lowest BCUT2D eigenvalue weighted by atomic mass is 9.93. The highest BCUT2D eigenvalue weighted by Gasteiger charge is 2.48. The molecule has 1 saturated carbocycles. The second kappa shape index (κ2) is 8.61. The number of rotatable bonds is 5. The maximum absolute atomic E-state index is 13.8. The molecule has 0 bridgehead atoms. The largest absolute Gasteiger partial charge is 0.497 e. The minimum absolute atomic E-state index is 0.0957. The molecule has 174 valence electrons. The van der Waals surface area contributed by atoms with Crippen molar-refractivity contribution >= 4 is 22.9 Å². The molecule has 2 amide bonds. The summed E-state index contributed by atoms with van der Waals surface area (Å²) in [4.78, 5) is 29.3. The number of carbonyl (C=O) groups is 2. The van der Waals surface area contributed by atoms with E-state index < -0.39 is 5.54 Å². The van der Waals surface area contributed by atoms with E-state index in [0.717, 1.165) is 42.5 Å². The fourth-order valence-electron chi connectivity index (χ4n) is 5.24. The van der Waals surface area contributed by atoms with Crippen molar-refractivity contribution in [3.8, 4) is 5.75 Å².